The Morgan fingerprint density at radius 1 is 1.33 bits per heavy atom. The van der Waals surface area contributed by atoms with Crippen molar-refractivity contribution in [1.82, 2.24) is 4.98 Å². The molecule has 0 aliphatic heterocycles. The van der Waals surface area contributed by atoms with Crippen LogP contribution in [0.4, 0.5) is 4.39 Å². The first-order valence-corrected chi connectivity index (χ1v) is 6.20. The van der Waals surface area contributed by atoms with Crippen LogP contribution in [-0.2, 0) is 0 Å². The van der Waals surface area contributed by atoms with Crippen LogP contribution in [0, 0.1) is 5.82 Å². The summed E-state index contributed by atoms with van der Waals surface area (Å²) >= 11 is 3.18. The lowest BCUT2D eigenvalue weighted by molar-refractivity contribution is 0.426. The van der Waals surface area contributed by atoms with Crippen molar-refractivity contribution in [2.24, 2.45) is 5.73 Å². The van der Waals surface area contributed by atoms with Crippen LogP contribution in [0.15, 0.2) is 41.0 Å². The third kappa shape index (κ3) is 3.05. The van der Waals surface area contributed by atoms with Crippen LogP contribution in [0.2, 0.25) is 0 Å². The van der Waals surface area contributed by atoms with Crippen molar-refractivity contribution >= 4 is 15.9 Å². The van der Waals surface area contributed by atoms with Gasteiger partial charge in [0.05, 0.1) is 0 Å². The summed E-state index contributed by atoms with van der Waals surface area (Å²) in [5.41, 5.74) is 6.65. The van der Waals surface area contributed by atoms with Gasteiger partial charge in [0, 0.05) is 22.8 Å². The Bertz CT molecular complexity index is 560. The lowest BCUT2D eigenvalue weighted by Crippen LogP contribution is -2.05. The van der Waals surface area contributed by atoms with E-state index in [1.165, 1.54) is 6.07 Å². The van der Waals surface area contributed by atoms with Gasteiger partial charge < -0.3 is 10.5 Å². The molecule has 0 spiro atoms. The van der Waals surface area contributed by atoms with E-state index in [4.69, 9.17) is 10.5 Å². The number of ether oxygens (including phenoxy) is 1. The minimum atomic E-state index is -0.447. The predicted octanol–water partition coefficient (Wildman–Crippen LogP) is 3.80. The molecule has 0 aliphatic carbocycles. The molecule has 2 aromatic rings. The minimum absolute atomic E-state index is 0.120. The van der Waals surface area contributed by atoms with Crippen LogP contribution < -0.4 is 10.5 Å². The van der Waals surface area contributed by atoms with Crippen molar-refractivity contribution in [3.05, 3.63) is 52.4 Å². The van der Waals surface area contributed by atoms with Crippen molar-refractivity contribution in [3.63, 3.8) is 0 Å². The Labute approximate surface area is 113 Å². The molecule has 2 N–H and O–H groups in total. The Morgan fingerprint density at radius 3 is 2.78 bits per heavy atom. The monoisotopic (exact) mass is 310 g/mol. The third-order valence-corrected chi connectivity index (χ3v) is 2.89. The van der Waals surface area contributed by atoms with Crippen LogP contribution in [0.5, 0.6) is 11.6 Å². The van der Waals surface area contributed by atoms with Crippen molar-refractivity contribution in [3.8, 4) is 11.6 Å². The second-order valence-corrected chi connectivity index (χ2v) is 4.81. The molecule has 0 aliphatic rings. The van der Waals surface area contributed by atoms with E-state index in [1.54, 1.807) is 30.5 Å². The number of nitrogens with zero attached hydrogens (tertiary/aromatic N) is 1. The quantitative estimate of drug-likeness (QED) is 0.938. The van der Waals surface area contributed by atoms with Gasteiger partial charge in [0.15, 0.2) is 11.6 Å². The standard InChI is InChI=1S/C13H12BrFN2O/c1-8(16)9-4-5-17-13(6-9)18-12-3-2-10(14)7-11(12)15/h2-8H,16H2,1H3/t8-/m1/s1. The molecule has 1 aromatic heterocycles. The molecule has 2 rings (SSSR count). The number of nitrogens with two attached hydrogens (primary N) is 1. The maximum absolute atomic E-state index is 13.6. The highest BCUT2D eigenvalue weighted by atomic mass is 79.9. The second-order valence-electron chi connectivity index (χ2n) is 3.89. The molecule has 0 amide bonds. The number of pyridine rings is 1. The van der Waals surface area contributed by atoms with Crippen LogP contribution >= 0.6 is 15.9 Å². The van der Waals surface area contributed by atoms with Crippen molar-refractivity contribution < 1.29 is 9.13 Å². The normalized spacial score (nSPS) is 12.2. The highest BCUT2D eigenvalue weighted by Crippen LogP contribution is 2.26. The topological polar surface area (TPSA) is 48.1 Å². The highest BCUT2D eigenvalue weighted by Gasteiger charge is 2.07. The van der Waals surface area contributed by atoms with E-state index in [9.17, 15) is 4.39 Å². The van der Waals surface area contributed by atoms with Gasteiger partial charge in [0.2, 0.25) is 5.88 Å². The van der Waals surface area contributed by atoms with Gasteiger partial charge in [-0.05, 0) is 36.8 Å². The van der Waals surface area contributed by atoms with Crippen LogP contribution in [0.1, 0.15) is 18.5 Å². The van der Waals surface area contributed by atoms with E-state index in [0.717, 1.165) is 5.56 Å². The molecule has 0 unspecified atom stereocenters. The molecule has 0 radical (unpaired) electrons. The summed E-state index contributed by atoms with van der Waals surface area (Å²) in [6, 6.07) is 7.96. The summed E-state index contributed by atoms with van der Waals surface area (Å²) < 4.78 is 19.6. The van der Waals surface area contributed by atoms with Gasteiger partial charge in [-0.2, -0.15) is 0 Å². The van der Waals surface area contributed by atoms with Gasteiger partial charge in [-0.25, -0.2) is 9.37 Å². The van der Waals surface area contributed by atoms with E-state index in [1.807, 2.05) is 6.92 Å². The molecular formula is C13H12BrFN2O. The molecule has 0 saturated heterocycles. The smallest absolute Gasteiger partial charge is 0.219 e. The summed E-state index contributed by atoms with van der Waals surface area (Å²) in [5, 5.41) is 0. The Kier molecular flexibility index (Phi) is 3.93. The number of aromatic nitrogens is 1. The zero-order valence-electron chi connectivity index (χ0n) is 9.73. The van der Waals surface area contributed by atoms with Crippen LogP contribution in [-0.4, -0.2) is 4.98 Å². The average molecular weight is 311 g/mol. The first-order chi connectivity index (χ1) is 8.56. The van der Waals surface area contributed by atoms with Gasteiger partial charge in [-0.3, -0.25) is 0 Å². The molecular weight excluding hydrogens is 299 g/mol. The lowest BCUT2D eigenvalue weighted by atomic mass is 10.1. The van der Waals surface area contributed by atoms with Crippen molar-refractivity contribution in [1.29, 1.82) is 0 Å². The molecule has 1 aromatic carbocycles. The summed E-state index contributed by atoms with van der Waals surface area (Å²) in [5.74, 6) is 0.0101. The zero-order chi connectivity index (χ0) is 13.1. The number of benzene rings is 1. The molecule has 3 nitrogen and oxygen atoms in total. The van der Waals surface area contributed by atoms with Crippen molar-refractivity contribution in [2.75, 3.05) is 0 Å². The summed E-state index contributed by atoms with van der Waals surface area (Å²) in [7, 11) is 0. The Hall–Kier alpha value is -1.46. The van der Waals surface area contributed by atoms with Crippen LogP contribution in [0.25, 0.3) is 0 Å². The fraction of sp³-hybridized carbons (Fsp3) is 0.154. The molecule has 5 heteroatoms. The van der Waals surface area contributed by atoms with Crippen molar-refractivity contribution in [2.45, 2.75) is 13.0 Å². The first kappa shape index (κ1) is 13.0. The van der Waals surface area contributed by atoms with Gasteiger partial charge in [-0.1, -0.05) is 15.9 Å². The maximum atomic E-state index is 13.6. The Morgan fingerprint density at radius 2 is 2.11 bits per heavy atom. The van der Waals surface area contributed by atoms with Gasteiger partial charge >= 0.3 is 0 Å². The van der Waals surface area contributed by atoms with Gasteiger partial charge in [-0.15, -0.1) is 0 Å². The highest BCUT2D eigenvalue weighted by molar-refractivity contribution is 9.10. The molecule has 18 heavy (non-hydrogen) atoms. The lowest BCUT2D eigenvalue weighted by Gasteiger charge is -2.09. The van der Waals surface area contributed by atoms with E-state index in [-0.39, 0.29) is 11.8 Å². The number of rotatable bonds is 3. The predicted molar refractivity (Wildman–Crippen MR) is 71.0 cm³/mol. The largest absolute Gasteiger partial charge is 0.436 e. The van der Waals surface area contributed by atoms with E-state index in [2.05, 4.69) is 20.9 Å². The van der Waals surface area contributed by atoms with E-state index < -0.39 is 5.82 Å². The van der Waals surface area contributed by atoms with Crippen LogP contribution in [0.3, 0.4) is 0 Å². The Balaban J connectivity index is 2.25. The fourth-order valence-electron chi connectivity index (χ4n) is 1.43. The summed E-state index contributed by atoms with van der Waals surface area (Å²) in [6.45, 7) is 1.86. The second kappa shape index (κ2) is 5.46. The number of hydrogen-bond donors (Lipinski definition) is 1. The zero-order valence-corrected chi connectivity index (χ0v) is 11.3. The van der Waals surface area contributed by atoms with E-state index in [0.29, 0.717) is 10.4 Å². The fourth-order valence-corrected chi connectivity index (χ4v) is 1.77. The van der Waals surface area contributed by atoms with Gasteiger partial charge in [0.25, 0.3) is 0 Å². The molecule has 1 heterocycles. The summed E-state index contributed by atoms with van der Waals surface area (Å²) in [6.07, 6.45) is 1.59. The minimum Gasteiger partial charge on any atom is -0.436 e. The number of halogens is 2. The first-order valence-electron chi connectivity index (χ1n) is 5.40. The SMILES string of the molecule is C[C@@H](N)c1ccnc(Oc2ccc(Br)cc2F)c1. The molecule has 0 fully saturated rings. The maximum Gasteiger partial charge on any atom is 0.219 e. The molecule has 1 atom stereocenters. The summed E-state index contributed by atoms with van der Waals surface area (Å²) in [4.78, 5) is 4.02. The van der Waals surface area contributed by atoms with Gasteiger partial charge in [0.1, 0.15) is 0 Å². The number of hydrogen-bond acceptors (Lipinski definition) is 3. The average Bonchev–Trinajstić information content (AvgIpc) is 2.33. The molecule has 0 saturated carbocycles. The molecule has 0 bridgehead atoms. The third-order valence-electron chi connectivity index (χ3n) is 2.39. The van der Waals surface area contributed by atoms with E-state index >= 15 is 0 Å². The molecule has 94 valence electrons.